The van der Waals surface area contributed by atoms with Crippen LogP contribution in [0.5, 0.6) is 0 Å². The average Bonchev–Trinajstić information content (AvgIpc) is 3.56. The number of rotatable bonds is 4. The first-order valence-corrected chi connectivity index (χ1v) is 16.3. The van der Waals surface area contributed by atoms with Gasteiger partial charge in [-0.15, -0.1) is 11.3 Å². The van der Waals surface area contributed by atoms with Gasteiger partial charge in [0.1, 0.15) is 6.04 Å². The molecular formula is C32H36N4O5S. The summed E-state index contributed by atoms with van der Waals surface area (Å²) >= 11 is 1.76. The van der Waals surface area contributed by atoms with Gasteiger partial charge in [0.15, 0.2) is 0 Å². The van der Waals surface area contributed by atoms with E-state index in [1.165, 1.54) is 23.3 Å². The normalized spacial score (nSPS) is 23.7. The summed E-state index contributed by atoms with van der Waals surface area (Å²) in [5.41, 5.74) is 3.69. The summed E-state index contributed by atoms with van der Waals surface area (Å²) in [5.74, 6) is -0.523. The number of fused-ring (bicyclic) bond motifs is 2. The Kier molecular flexibility index (Phi) is 7.12. The highest BCUT2D eigenvalue weighted by Gasteiger charge is 2.46. The van der Waals surface area contributed by atoms with Crippen molar-refractivity contribution in [2.75, 3.05) is 31.1 Å². The zero-order chi connectivity index (χ0) is 29.0. The number of aryl methyl sites for hydroxylation is 1. The Labute approximate surface area is 249 Å². The molecule has 10 heteroatoms. The highest BCUT2D eigenvalue weighted by atomic mass is 32.1. The van der Waals surface area contributed by atoms with E-state index in [0.29, 0.717) is 23.0 Å². The second-order valence-corrected chi connectivity index (χ2v) is 13.3. The Bertz CT molecular complexity index is 1470. The van der Waals surface area contributed by atoms with Gasteiger partial charge in [-0.2, -0.15) is 0 Å². The van der Waals surface area contributed by atoms with Crippen LogP contribution in [0.2, 0.25) is 0 Å². The summed E-state index contributed by atoms with van der Waals surface area (Å²) in [5, 5.41) is 4.35. The molecule has 3 saturated heterocycles. The number of anilines is 1. The van der Waals surface area contributed by atoms with Crippen molar-refractivity contribution in [2.45, 2.75) is 70.3 Å². The van der Waals surface area contributed by atoms with Crippen LogP contribution in [0.15, 0.2) is 23.6 Å². The molecule has 1 aromatic heterocycles. The number of nitrogens with zero attached hydrogens (tertiary/aromatic N) is 3. The SMILES string of the molecule is O=C1CCC(N2C(=O)c3cccc(N4CCC(C5CCN(C(=O)c6csc7c6CCCC7)CC5)CC4)c3C2=O)C(=O)N1. The van der Waals surface area contributed by atoms with E-state index in [0.717, 1.165) is 80.9 Å². The molecule has 1 aliphatic carbocycles. The Morgan fingerprint density at radius 3 is 2.29 bits per heavy atom. The lowest BCUT2D eigenvalue weighted by Gasteiger charge is -2.41. The smallest absolute Gasteiger partial charge is 0.264 e. The fourth-order valence-electron chi connectivity index (χ4n) is 7.79. The molecular weight excluding hydrogens is 552 g/mol. The topological polar surface area (TPSA) is 107 Å². The van der Waals surface area contributed by atoms with Gasteiger partial charge in [-0.1, -0.05) is 6.07 Å². The number of hydrogen-bond acceptors (Lipinski definition) is 7. The molecule has 5 amide bonds. The minimum atomic E-state index is -0.961. The molecule has 1 unspecified atom stereocenters. The summed E-state index contributed by atoms with van der Waals surface area (Å²) in [6.07, 6.45) is 8.86. The van der Waals surface area contributed by atoms with Gasteiger partial charge in [0.2, 0.25) is 11.8 Å². The number of hydrogen-bond donors (Lipinski definition) is 1. The Morgan fingerprint density at radius 2 is 1.55 bits per heavy atom. The minimum Gasteiger partial charge on any atom is -0.371 e. The van der Waals surface area contributed by atoms with Crippen molar-refractivity contribution in [3.63, 3.8) is 0 Å². The third-order valence-corrected chi connectivity index (χ3v) is 11.2. The van der Waals surface area contributed by atoms with E-state index in [9.17, 15) is 24.0 Å². The summed E-state index contributed by atoms with van der Waals surface area (Å²) in [7, 11) is 0. The second-order valence-electron chi connectivity index (χ2n) is 12.4. The van der Waals surface area contributed by atoms with Gasteiger partial charge in [-0.05, 0) is 87.3 Å². The van der Waals surface area contributed by atoms with Crippen molar-refractivity contribution in [3.8, 4) is 0 Å². The van der Waals surface area contributed by atoms with Crippen LogP contribution in [-0.2, 0) is 22.4 Å². The van der Waals surface area contributed by atoms with Crippen LogP contribution in [0.25, 0.3) is 0 Å². The molecule has 0 bridgehead atoms. The molecule has 9 nitrogen and oxygen atoms in total. The lowest BCUT2D eigenvalue weighted by molar-refractivity contribution is -0.136. The zero-order valence-electron chi connectivity index (χ0n) is 23.7. The largest absolute Gasteiger partial charge is 0.371 e. The number of imide groups is 2. The number of amides is 5. The maximum absolute atomic E-state index is 13.5. The first-order valence-electron chi connectivity index (χ1n) is 15.4. The molecule has 1 aromatic carbocycles. The summed E-state index contributed by atoms with van der Waals surface area (Å²) in [4.78, 5) is 70.9. The number of benzene rings is 1. The lowest BCUT2D eigenvalue weighted by Crippen LogP contribution is -2.54. The van der Waals surface area contributed by atoms with Crippen molar-refractivity contribution in [3.05, 3.63) is 50.7 Å². The molecule has 0 radical (unpaired) electrons. The molecule has 42 heavy (non-hydrogen) atoms. The Hall–Kier alpha value is -3.53. The summed E-state index contributed by atoms with van der Waals surface area (Å²) in [6.45, 7) is 3.21. The molecule has 3 fully saturated rings. The lowest BCUT2D eigenvalue weighted by atomic mass is 9.78. The van der Waals surface area contributed by atoms with Gasteiger partial charge in [0, 0.05) is 42.9 Å². The number of carbonyl (C=O) groups is 5. The second kappa shape index (κ2) is 10.9. The molecule has 220 valence electrons. The van der Waals surface area contributed by atoms with Crippen molar-refractivity contribution in [2.24, 2.45) is 11.8 Å². The molecule has 5 aliphatic rings. The van der Waals surface area contributed by atoms with Gasteiger partial charge in [-0.25, -0.2) is 0 Å². The van der Waals surface area contributed by atoms with Crippen LogP contribution in [0.4, 0.5) is 5.69 Å². The fourth-order valence-corrected chi connectivity index (χ4v) is 8.91. The molecule has 4 aliphatic heterocycles. The van der Waals surface area contributed by atoms with Crippen molar-refractivity contribution in [1.29, 1.82) is 0 Å². The first kappa shape index (κ1) is 27.3. The molecule has 1 N–H and O–H groups in total. The number of thiophene rings is 1. The zero-order valence-corrected chi connectivity index (χ0v) is 24.5. The van der Waals surface area contributed by atoms with Crippen LogP contribution < -0.4 is 10.2 Å². The highest BCUT2D eigenvalue weighted by Crippen LogP contribution is 2.39. The molecule has 7 rings (SSSR count). The molecule has 1 atom stereocenters. The van der Waals surface area contributed by atoms with Gasteiger partial charge < -0.3 is 9.80 Å². The fraction of sp³-hybridized carbons (Fsp3) is 0.531. The number of carbonyl (C=O) groups excluding carboxylic acids is 5. The van der Waals surface area contributed by atoms with Crippen LogP contribution >= 0.6 is 11.3 Å². The Morgan fingerprint density at radius 1 is 0.833 bits per heavy atom. The predicted molar refractivity (Wildman–Crippen MR) is 158 cm³/mol. The van der Waals surface area contributed by atoms with Crippen molar-refractivity contribution in [1.82, 2.24) is 15.1 Å². The standard InChI is InChI=1S/C32H36N4O5S/c37-27-9-8-25(29(38)33-27)36-31(40)22-5-3-6-24(28(22)32(36)41)34-14-10-19(11-15-34)20-12-16-35(17-13-20)30(39)23-18-42-26-7-2-1-4-21(23)26/h3,5-6,18-20,25H,1-2,4,7-17H2,(H,33,37,38). The van der Waals surface area contributed by atoms with Gasteiger partial charge in [-0.3, -0.25) is 34.2 Å². The third-order valence-electron chi connectivity index (χ3n) is 10.1. The van der Waals surface area contributed by atoms with Gasteiger partial charge in [0.05, 0.1) is 22.4 Å². The van der Waals surface area contributed by atoms with Crippen LogP contribution in [-0.4, -0.2) is 71.6 Å². The predicted octanol–water partition coefficient (Wildman–Crippen LogP) is 3.80. The molecule has 5 heterocycles. The van der Waals surface area contributed by atoms with E-state index in [1.54, 1.807) is 23.5 Å². The minimum absolute atomic E-state index is 0.104. The van der Waals surface area contributed by atoms with E-state index >= 15 is 0 Å². The molecule has 2 aromatic rings. The van der Waals surface area contributed by atoms with Gasteiger partial charge in [0.25, 0.3) is 17.7 Å². The number of likely N-dealkylation sites (tertiary alicyclic amines) is 1. The van der Waals surface area contributed by atoms with Crippen molar-refractivity contribution >= 4 is 46.6 Å². The van der Waals surface area contributed by atoms with E-state index in [2.05, 4.69) is 20.5 Å². The maximum atomic E-state index is 13.5. The van der Waals surface area contributed by atoms with Crippen LogP contribution in [0, 0.1) is 11.8 Å². The quantitative estimate of drug-likeness (QED) is 0.545. The monoisotopic (exact) mass is 588 g/mol. The first-order chi connectivity index (χ1) is 20.4. The summed E-state index contributed by atoms with van der Waals surface area (Å²) < 4.78 is 0. The maximum Gasteiger partial charge on any atom is 0.264 e. The third kappa shape index (κ3) is 4.64. The van der Waals surface area contributed by atoms with Crippen LogP contribution in [0.1, 0.15) is 92.9 Å². The summed E-state index contributed by atoms with van der Waals surface area (Å²) in [6, 6.07) is 4.39. The average molecular weight is 589 g/mol. The number of piperidine rings is 3. The van der Waals surface area contributed by atoms with E-state index in [4.69, 9.17) is 0 Å². The van der Waals surface area contributed by atoms with E-state index < -0.39 is 23.8 Å². The number of nitrogens with one attached hydrogen (secondary N) is 1. The van der Waals surface area contributed by atoms with Crippen molar-refractivity contribution < 1.29 is 24.0 Å². The molecule has 0 spiro atoms. The highest BCUT2D eigenvalue weighted by molar-refractivity contribution is 7.10. The van der Waals surface area contributed by atoms with Gasteiger partial charge >= 0.3 is 0 Å². The molecule has 0 saturated carbocycles. The Balaban J connectivity index is 0.977. The van der Waals surface area contributed by atoms with E-state index in [1.807, 2.05) is 6.07 Å². The van der Waals surface area contributed by atoms with Crippen LogP contribution in [0.3, 0.4) is 0 Å². The van der Waals surface area contributed by atoms with E-state index in [-0.39, 0.29) is 24.7 Å².